The second-order valence-corrected chi connectivity index (χ2v) is 6.59. The number of aryl methyl sites for hydroxylation is 1. The first kappa shape index (κ1) is 21.5. The molecule has 0 heterocycles. The molecule has 2 aromatic rings. The lowest BCUT2D eigenvalue weighted by atomic mass is 10.2. The summed E-state index contributed by atoms with van der Waals surface area (Å²) >= 11 is 3.33. The summed E-state index contributed by atoms with van der Waals surface area (Å²) in [5.41, 5.74) is 2.01. The van der Waals surface area contributed by atoms with Gasteiger partial charge in [0.25, 0.3) is 0 Å². The average molecular weight is 457 g/mol. The van der Waals surface area contributed by atoms with Crippen LogP contribution in [0.4, 0.5) is 18.9 Å². The van der Waals surface area contributed by atoms with Crippen LogP contribution in [0.25, 0.3) is 6.08 Å². The van der Waals surface area contributed by atoms with Crippen LogP contribution in [-0.2, 0) is 9.59 Å². The molecule has 0 bridgehead atoms. The highest BCUT2D eigenvalue weighted by molar-refractivity contribution is 9.10. The Bertz CT molecular complexity index is 881. The largest absolute Gasteiger partial charge is 0.573 e. The number of carbonyl (C=O) groups excluding carboxylic acids is 2. The van der Waals surface area contributed by atoms with Crippen LogP contribution in [0.3, 0.4) is 0 Å². The number of rotatable bonds is 6. The van der Waals surface area contributed by atoms with Crippen molar-refractivity contribution in [1.82, 2.24) is 5.32 Å². The minimum atomic E-state index is -4.76. The highest BCUT2D eigenvalue weighted by Gasteiger charge is 2.30. The average Bonchev–Trinajstić information content (AvgIpc) is 2.60. The number of benzene rings is 2. The summed E-state index contributed by atoms with van der Waals surface area (Å²) < 4.78 is 40.9. The first-order chi connectivity index (χ1) is 13.1. The predicted octanol–water partition coefficient (Wildman–Crippen LogP) is 4.42. The number of nitrogens with one attached hydrogen (secondary N) is 2. The maximum absolute atomic E-state index is 12.1. The van der Waals surface area contributed by atoms with Crippen molar-refractivity contribution >= 4 is 39.5 Å². The number of carbonyl (C=O) groups is 2. The molecule has 2 rings (SSSR count). The second-order valence-electron chi connectivity index (χ2n) is 5.68. The van der Waals surface area contributed by atoms with Crippen LogP contribution < -0.4 is 15.4 Å². The molecule has 0 saturated heterocycles. The Balaban J connectivity index is 1.82. The quantitative estimate of drug-likeness (QED) is 0.632. The molecule has 5 nitrogen and oxygen atoms in total. The van der Waals surface area contributed by atoms with Crippen molar-refractivity contribution in [2.24, 2.45) is 0 Å². The van der Waals surface area contributed by atoms with Crippen LogP contribution in [0.1, 0.15) is 11.1 Å². The summed E-state index contributed by atoms with van der Waals surface area (Å²) in [6.07, 6.45) is -2.17. The second kappa shape index (κ2) is 9.41. The number of anilines is 1. The van der Waals surface area contributed by atoms with Gasteiger partial charge in [0.15, 0.2) is 0 Å². The minimum Gasteiger partial charge on any atom is -0.406 e. The fraction of sp³-hybridized carbons (Fsp3) is 0.158. The number of hydrogen-bond acceptors (Lipinski definition) is 3. The SMILES string of the molecule is Cc1cc(Br)ccc1NC(=O)CNC(=O)/C=C/c1ccc(OC(F)(F)F)cc1. The Morgan fingerprint density at radius 1 is 1.14 bits per heavy atom. The lowest BCUT2D eigenvalue weighted by molar-refractivity contribution is -0.274. The molecule has 148 valence electrons. The zero-order chi connectivity index (χ0) is 20.7. The van der Waals surface area contributed by atoms with E-state index in [0.29, 0.717) is 11.3 Å². The Labute approximate surface area is 167 Å². The Morgan fingerprint density at radius 3 is 2.43 bits per heavy atom. The highest BCUT2D eigenvalue weighted by atomic mass is 79.9. The van der Waals surface area contributed by atoms with Crippen molar-refractivity contribution in [3.63, 3.8) is 0 Å². The van der Waals surface area contributed by atoms with Gasteiger partial charge in [-0.15, -0.1) is 13.2 Å². The summed E-state index contributed by atoms with van der Waals surface area (Å²) in [5.74, 6) is -1.26. The number of alkyl halides is 3. The van der Waals surface area contributed by atoms with Crippen molar-refractivity contribution in [3.05, 3.63) is 64.1 Å². The maximum Gasteiger partial charge on any atom is 0.573 e. The van der Waals surface area contributed by atoms with E-state index >= 15 is 0 Å². The van der Waals surface area contributed by atoms with Crippen LogP contribution >= 0.6 is 15.9 Å². The molecule has 0 aliphatic rings. The Hall–Kier alpha value is -2.81. The van der Waals surface area contributed by atoms with E-state index < -0.39 is 12.3 Å². The molecule has 2 amide bonds. The van der Waals surface area contributed by atoms with E-state index in [0.717, 1.165) is 22.2 Å². The standard InChI is InChI=1S/C19H16BrF3N2O3/c1-12-10-14(20)5-8-16(12)25-18(27)11-24-17(26)9-4-13-2-6-15(7-3-13)28-19(21,22)23/h2-10H,11H2,1H3,(H,24,26)(H,25,27)/b9-4+. The van der Waals surface area contributed by atoms with Gasteiger partial charge in [-0.05, 0) is 54.5 Å². The molecule has 0 radical (unpaired) electrons. The molecule has 0 spiro atoms. The molecule has 0 unspecified atom stereocenters. The van der Waals surface area contributed by atoms with Crippen molar-refractivity contribution < 1.29 is 27.5 Å². The summed E-state index contributed by atoms with van der Waals surface area (Å²) in [6.45, 7) is 1.61. The summed E-state index contributed by atoms with van der Waals surface area (Å²) in [5, 5.41) is 5.11. The van der Waals surface area contributed by atoms with Crippen molar-refractivity contribution in [1.29, 1.82) is 0 Å². The number of amides is 2. The highest BCUT2D eigenvalue weighted by Crippen LogP contribution is 2.23. The minimum absolute atomic E-state index is 0.225. The van der Waals surface area contributed by atoms with Crippen LogP contribution in [-0.4, -0.2) is 24.7 Å². The molecule has 0 atom stereocenters. The Morgan fingerprint density at radius 2 is 1.82 bits per heavy atom. The first-order valence-corrected chi connectivity index (χ1v) is 8.79. The maximum atomic E-state index is 12.1. The van der Waals surface area contributed by atoms with Gasteiger partial charge in [-0.3, -0.25) is 9.59 Å². The van der Waals surface area contributed by atoms with Crippen LogP contribution in [0.15, 0.2) is 53.0 Å². The summed E-state index contributed by atoms with van der Waals surface area (Å²) in [7, 11) is 0. The normalized spacial score (nSPS) is 11.3. The Kier molecular flexibility index (Phi) is 7.22. The number of hydrogen-bond donors (Lipinski definition) is 2. The third kappa shape index (κ3) is 7.43. The van der Waals surface area contributed by atoms with Gasteiger partial charge in [0, 0.05) is 16.2 Å². The molecular weight excluding hydrogens is 441 g/mol. The fourth-order valence-electron chi connectivity index (χ4n) is 2.14. The predicted molar refractivity (Wildman–Crippen MR) is 103 cm³/mol. The lowest BCUT2D eigenvalue weighted by Crippen LogP contribution is -2.31. The molecular formula is C19H16BrF3N2O3. The molecule has 2 N–H and O–H groups in total. The number of ether oxygens (including phenoxy) is 1. The van der Waals surface area contributed by atoms with E-state index in [9.17, 15) is 22.8 Å². The number of halogens is 4. The third-order valence-electron chi connectivity index (χ3n) is 3.43. The van der Waals surface area contributed by atoms with E-state index in [2.05, 4.69) is 31.3 Å². The lowest BCUT2D eigenvalue weighted by Gasteiger charge is -2.09. The van der Waals surface area contributed by atoms with Gasteiger partial charge in [0.1, 0.15) is 5.75 Å². The van der Waals surface area contributed by atoms with E-state index in [1.54, 1.807) is 12.1 Å². The van der Waals surface area contributed by atoms with E-state index in [4.69, 9.17) is 0 Å². The molecule has 9 heteroatoms. The van der Waals surface area contributed by atoms with Gasteiger partial charge in [-0.2, -0.15) is 0 Å². The van der Waals surface area contributed by atoms with Gasteiger partial charge < -0.3 is 15.4 Å². The zero-order valence-corrected chi connectivity index (χ0v) is 16.2. The van der Waals surface area contributed by atoms with Gasteiger partial charge >= 0.3 is 6.36 Å². The molecule has 2 aromatic carbocycles. The first-order valence-electron chi connectivity index (χ1n) is 8.00. The van der Waals surface area contributed by atoms with Crippen molar-refractivity contribution in [2.45, 2.75) is 13.3 Å². The van der Waals surface area contributed by atoms with Crippen LogP contribution in [0.5, 0.6) is 5.75 Å². The zero-order valence-electron chi connectivity index (χ0n) is 14.6. The molecule has 0 saturated carbocycles. The monoisotopic (exact) mass is 456 g/mol. The van der Waals surface area contributed by atoms with Gasteiger partial charge in [-0.1, -0.05) is 28.1 Å². The van der Waals surface area contributed by atoms with Gasteiger partial charge in [0.05, 0.1) is 6.54 Å². The third-order valence-corrected chi connectivity index (χ3v) is 3.92. The molecule has 0 fully saturated rings. The fourth-order valence-corrected chi connectivity index (χ4v) is 2.62. The molecule has 0 aliphatic heterocycles. The van der Waals surface area contributed by atoms with Crippen LogP contribution in [0.2, 0.25) is 0 Å². The molecule has 28 heavy (non-hydrogen) atoms. The van der Waals surface area contributed by atoms with Crippen LogP contribution in [0, 0.1) is 6.92 Å². The topological polar surface area (TPSA) is 67.4 Å². The summed E-state index contributed by atoms with van der Waals surface area (Å²) in [6, 6.07) is 10.4. The molecule has 0 aliphatic carbocycles. The smallest absolute Gasteiger partial charge is 0.406 e. The van der Waals surface area contributed by atoms with Gasteiger partial charge in [0.2, 0.25) is 11.8 Å². The van der Waals surface area contributed by atoms with E-state index in [1.165, 1.54) is 24.3 Å². The van der Waals surface area contributed by atoms with E-state index in [-0.39, 0.29) is 18.2 Å². The van der Waals surface area contributed by atoms with E-state index in [1.807, 2.05) is 13.0 Å². The summed E-state index contributed by atoms with van der Waals surface area (Å²) in [4.78, 5) is 23.7. The van der Waals surface area contributed by atoms with Gasteiger partial charge in [-0.25, -0.2) is 0 Å². The van der Waals surface area contributed by atoms with Crippen molar-refractivity contribution in [3.8, 4) is 5.75 Å². The molecule has 0 aromatic heterocycles. The van der Waals surface area contributed by atoms with Crippen molar-refractivity contribution in [2.75, 3.05) is 11.9 Å².